The van der Waals surface area contributed by atoms with Crippen molar-refractivity contribution in [2.24, 2.45) is 11.7 Å². The van der Waals surface area contributed by atoms with Crippen molar-refractivity contribution in [1.29, 1.82) is 0 Å². The molecule has 1 rings (SSSR count). The van der Waals surface area contributed by atoms with Crippen molar-refractivity contribution in [3.63, 3.8) is 0 Å². The molecule has 0 aromatic heterocycles. The van der Waals surface area contributed by atoms with Crippen LogP contribution in [0.2, 0.25) is 0 Å². The molecule has 100 valence electrons. The highest BCUT2D eigenvalue weighted by atomic mass is 19.4. The summed E-state index contributed by atoms with van der Waals surface area (Å²) in [5.41, 5.74) is 5.50. The van der Waals surface area contributed by atoms with Crippen molar-refractivity contribution in [1.82, 2.24) is 4.90 Å². The molecule has 0 aliphatic carbocycles. The van der Waals surface area contributed by atoms with E-state index in [2.05, 4.69) is 4.74 Å². The Labute approximate surface area is 97.9 Å². The Balaban J connectivity index is 2.21. The minimum Gasteiger partial charge on any atom is -0.362 e. The van der Waals surface area contributed by atoms with Crippen LogP contribution < -0.4 is 5.73 Å². The van der Waals surface area contributed by atoms with E-state index in [0.29, 0.717) is 25.6 Å². The van der Waals surface area contributed by atoms with Gasteiger partial charge in [-0.25, -0.2) is 0 Å². The molecular weight excluding hydrogens is 237 g/mol. The maximum Gasteiger partial charge on any atom is 0.411 e. The summed E-state index contributed by atoms with van der Waals surface area (Å²) >= 11 is 0. The highest BCUT2D eigenvalue weighted by molar-refractivity contribution is 5.77. The molecule has 4 nitrogen and oxygen atoms in total. The van der Waals surface area contributed by atoms with E-state index < -0.39 is 19.4 Å². The van der Waals surface area contributed by atoms with Crippen LogP contribution in [0.3, 0.4) is 0 Å². The topological polar surface area (TPSA) is 55.6 Å². The third-order valence-electron chi connectivity index (χ3n) is 2.79. The van der Waals surface area contributed by atoms with Gasteiger partial charge in [0, 0.05) is 13.1 Å². The number of amides is 1. The average Bonchev–Trinajstić information content (AvgIpc) is 2.27. The normalized spacial score (nSPS) is 18.5. The number of halogens is 3. The van der Waals surface area contributed by atoms with Gasteiger partial charge in [-0.1, -0.05) is 0 Å². The Hall–Kier alpha value is -0.820. The number of likely N-dealkylation sites (tertiary alicyclic amines) is 1. The van der Waals surface area contributed by atoms with Crippen molar-refractivity contribution in [2.75, 3.05) is 32.8 Å². The number of alkyl halides is 3. The van der Waals surface area contributed by atoms with E-state index in [1.807, 2.05) is 0 Å². The third kappa shape index (κ3) is 5.36. The standard InChI is InChI=1S/C10H17F3N2O2/c11-10(12,13)7-17-6-9(16)15-3-1-8(5-14)2-4-15/h8H,1-7,14H2. The quantitative estimate of drug-likeness (QED) is 0.806. The molecule has 0 aromatic carbocycles. The molecule has 1 saturated heterocycles. The maximum absolute atomic E-state index is 11.8. The van der Waals surface area contributed by atoms with Crippen molar-refractivity contribution < 1.29 is 22.7 Å². The predicted molar refractivity (Wildman–Crippen MR) is 55.2 cm³/mol. The average molecular weight is 254 g/mol. The molecule has 0 spiro atoms. The molecule has 0 bridgehead atoms. The molecule has 1 fully saturated rings. The lowest BCUT2D eigenvalue weighted by Gasteiger charge is -2.31. The molecule has 0 atom stereocenters. The number of piperidine rings is 1. The fraction of sp³-hybridized carbons (Fsp3) is 0.900. The summed E-state index contributed by atoms with van der Waals surface area (Å²) in [4.78, 5) is 13.0. The number of ether oxygens (including phenoxy) is 1. The van der Waals surface area contributed by atoms with Crippen molar-refractivity contribution >= 4 is 5.91 Å². The van der Waals surface area contributed by atoms with Crippen LogP contribution in [0.1, 0.15) is 12.8 Å². The zero-order valence-electron chi connectivity index (χ0n) is 9.50. The fourth-order valence-electron chi connectivity index (χ4n) is 1.76. The first kappa shape index (κ1) is 14.2. The van der Waals surface area contributed by atoms with Crippen molar-refractivity contribution in [3.8, 4) is 0 Å². The van der Waals surface area contributed by atoms with Crippen LogP contribution in [-0.4, -0.2) is 49.8 Å². The Morgan fingerprint density at radius 2 is 1.94 bits per heavy atom. The van der Waals surface area contributed by atoms with Gasteiger partial charge < -0.3 is 15.4 Å². The second kappa shape index (κ2) is 6.20. The fourth-order valence-corrected chi connectivity index (χ4v) is 1.76. The molecule has 0 saturated carbocycles. The summed E-state index contributed by atoms with van der Waals surface area (Å²) in [5.74, 6) is 0.0277. The van der Waals surface area contributed by atoms with Gasteiger partial charge in [0.2, 0.25) is 5.91 Å². The molecule has 1 amide bonds. The monoisotopic (exact) mass is 254 g/mol. The van der Waals surface area contributed by atoms with Crippen LogP contribution in [0.25, 0.3) is 0 Å². The Bertz CT molecular complexity index is 250. The van der Waals surface area contributed by atoms with E-state index in [-0.39, 0.29) is 5.91 Å². The van der Waals surface area contributed by atoms with Crippen molar-refractivity contribution in [2.45, 2.75) is 19.0 Å². The van der Waals surface area contributed by atoms with E-state index >= 15 is 0 Å². The van der Waals surface area contributed by atoms with Crippen LogP contribution >= 0.6 is 0 Å². The van der Waals surface area contributed by atoms with E-state index in [9.17, 15) is 18.0 Å². The van der Waals surface area contributed by atoms with E-state index in [4.69, 9.17) is 5.73 Å². The molecule has 17 heavy (non-hydrogen) atoms. The largest absolute Gasteiger partial charge is 0.411 e. The van der Waals surface area contributed by atoms with Gasteiger partial charge in [-0.15, -0.1) is 0 Å². The number of carbonyl (C=O) groups is 1. The molecule has 1 aliphatic heterocycles. The number of rotatable bonds is 4. The molecule has 0 radical (unpaired) electrons. The SMILES string of the molecule is NCC1CCN(C(=O)COCC(F)(F)F)CC1. The molecular formula is C10H17F3N2O2. The van der Waals surface area contributed by atoms with Gasteiger partial charge in [0.05, 0.1) is 0 Å². The second-order valence-corrected chi connectivity index (χ2v) is 4.17. The Morgan fingerprint density at radius 3 is 2.41 bits per heavy atom. The van der Waals surface area contributed by atoms with E-state index in [0.717, 1.165) is 12.8 Å². The van der Waals surface area contributed by atoms with Crippen LogP contribution in [0.4, 0.5) is 13.2 Å². The number of nitrogens with zero attached hydrogens (tertiary/aromatic N) is 1. The molecule has 7 heteroatoms. The zero-order valence-corrected chi connectivity index (χ0v) is 9.50. The van der Waals surface area contributed by atoms with Gasteiger partial charge in [-0.2, -0.15) is 13.2 Å². The number of hydrogen-bond donors (Lipinski definition) is 1. The van der Waals surface area contributed by atoms with Gasteiger partial charge in [0.25, 0.3) is 0 Å². The number of carbonyl (C=O) groups excluding carboxylic acids is 1. The first-order valence-corrected chi connectivity index (χ1v) is 5.54. The summed E-state index contributed by atoms with van der Waals surface area (Å²) in [7, 11) is 0. The minimum atomic E-state index is -4.38. The predicted octanol–water partition coefficient (Wildman–Crippen LogP) is 0.763. The third-order valence-corrected chi connectivity index (χ3v) is 2.79. The van der Waals surface area contributed by atoms with Crippen LogP contribution in [0, 0.1) is 5.92 Å². The Morgan fingerprint density at radius 1 is 1.35 bits per heavy atom. The molecule has 1 aliphatic rings. The van der Waals surface area contributed by atoms with Gasteiger partial charge >= 0.3 is 6.18 Å². The smallest absolute Gasteiger partial charge is 0.362 e. The van der Waals surface area contributed by atoms with Gasteiger partial charge in [-0.05, 0) is 25.3 Å². The minimum absolute atomic E-state index is 0.385. The summed E-state index contributed by atoms with van der Waals surface area (Å²) in [5, 5.41) is 0. The highest BCUT2D eigenvalue weighted by Gasteiger charge is 2.28. The lowest BCUT2D eigenvalue weighted by Crippen LogP contribution is -2.42. The van der Waals surface area contributed by atoms with Gasteiger partial charge in [0.1, 0.15) is 13.2 Å². The lowest BCUT2D eigenvalue weighted by molar-refractivity contribution is -0.178. The molecule has 0 unspecified atom stereocenters. The lowest BCUT2D eigenvalue weighted by atomic mass is 9.97. The van der Waals surface area contributed by atoms with E-state index in [1.165, 1.54) is 4.90 Å². The first-order chi connectivity index (χ1) is 7.92. The first-order valence-electron chi connectivity index (χ1n) is 5.54. The van der Waals surface area contributed by atoms with Crippen LogP contribution in [0.15, 0.2) is 0 Å². The zero-order chi connectivity index (χ0) is 12.9. The molecule has 1 heterocycles. The van der Waals surface area contributed by atoms with Gasteiger partial charge in [-0.3, -0.25) is 4.79 Å². The van der Waals surface area contributed by atoms with Crippen molar-refractivity contribution in [3.05, 3.63) is 0 Å². The second-order valence-electron chi connectivity index (χ2n) is 4.17. The summed E-state index contributed by atoms with van der Waals surface area (Å²) in [6.45, 7) is -0.191. The summed E-state index contributed by atoms with van der Waals surface area (Å²) < 4.78 is 39.7. The Kier molecular flexibility index (Phi) is 5.20. The van der Waals surface area contributed by atoms with Crippen LogP contribution in [-0.2, 0) is 9.53 Å². The molecule has 2 N–H and O–H groups in total. The highest BCUT2D eigenvalue weighted by Crippen LogP contribution is 2.17. The number of nitrogens with two attached hydrogens (primary N) is 1. The maximum atomic E-state index is 11.8. The van der Waals surface area contributed by atoms with E-state index in [1.54, 1.807) is 0 Å². The summed E-state index contributed by atoms with van der Waals surface area (Å²) in [6, 6.07) is 0. The van der Waals surface area contributed by atoms with Crippen LogP contribution in [0.5, 0.6) is 0 Å². The van der Waals surface area contributed by atoms with Gasteiger partial charge in [0.15, 0.2) is 0 Å². The number of hydrogen-bond acceptors (Lipinski definition) is 3. The molecule has 0 aromatic rings. The summed E-state index contributed by atoms with van der Waals surface area (Å²) in [6.07, 6.45) is -2.77.